The van der Waals surface area contributed by atoms with Crippen LogP contribution in [0.4, 0.5) is 0 Å². The fraction of sp³-hybridized carbons (Fsp3) is 0.462. The van der Waals surface area contributed by atoms with Gasteiger partial charge in [-0.3, -0.25) is 14.5 Å². The summed E-state index contributed by atoms with van der Waals surface area (Å²) in [5.74, 6) is 0.531. The van der Waals surface area contributed by atoms with Crippen LogP contribution in [0.5, 0.6) is 0 Å². The van der Waals surface area contributed by atoms with Crippen molar-refractivity contribution in [3.8, 4) is 0 Å². The van der Waals surface area contributed by atoms with Crippen molar-refractivity contribution < 1.29 is 9.59 Å². The number of likely N-dealkylation sites (tertiary alicyclic amines) is 2. The van der Waals surface area contributed by atoms with E-state index < -0.39 is 0 Å². The Morgan fingerprint density at radius 1 is 1.06 bits per heavy atom. The van der Waals surface area contributed by atoms with Crippen molar-refractivity contribution in [2.75, 3.05) is 32.7 Å². The predicted octanol–water partition coefficient (Wildman–Crippen LogP) is 3.34. The zero-order chi connectivity index (χ0) is 22.0. The molecule has 2 saturated heterocycles. The molecule has 31 heavy (non-hydrogen) atoms. The molecule has 2 aliphatic rings. The zero-order valence-corrected chi connectivity index (χ0v) is 18.8. The lowest BCUT2D eigenvalue weighted by molar-refractivity contribution is -0.131. The number of nitrogens with zero attached hydrogens (tertiary/aromatic N) is 2. The van der Waals surface area contributed by atoms with Crippen molar-refractivity contribution in [1.82, 2.24) is 15.1 Å². The van der Waals surface area contributed by atoms with E-state index >= 15 is 0 Å². The molecular weight excluding hydrogens is 386 g/mol. The monoisotopic (exact) mass is 419 g/mol. The number of amides is 2. The van der Waals surface area contributed by atoms with Gasteiger partial charge < -0.3 is 10.2 Å². The molecule has 2 amide bonds. The van der Waals surface area contributed by atoms with E-state index in [-0.39, 0.29) is 23.1 Å². The van der Waals surface area contributed by atoms with Crippen LogP contribution in [0.1, 0.15) is 35.3 Å². The molecule has 0 radical (unpaired) electrons. The first-order chi connectivity index (χ1) is 14.9. The van der Waals surface area contributed by atoms with Crippen LogP contribution < -0.4 is 5.32 Å². The van der Waals surface area contributed by atoms with Gasteiger partial charge in [-0.15, -0.1) is 0 Å². The largest absolute Gasteiger partial charge is 0.356 e. The van der Waals surface area contributed by atoms with E-state index in [1.165, 1.54) is 5.56 Å². The van der Waals surface area contributed by atoms with Crippen LogP contribution in [0, 0.1) is 24.2 Å². The molecule has 2 aliphatic heterocycles. The molecule has 1 spiro atoms. The molecule has 2 fully saturated rings. The highest BCUT2D eigenvalue weighted by Crippen LogP contribution is 2.45. The minimum atomic E-state index is -0.157. The van der Waals surface area contributed by atoms with Crippen molar-refractivity contribution in [3.63, 3.8) is 0 Å². The summed E-state index contributed by atoms with van der Waals surface area (Å²) in [4.78, 5) is 30.4. The Hall–Kier alpha value is -2.66. The molecule has 2 aromatic rings. The van der Waals surface area contributed by atoms with Gasteiger partial charge in [-0.05, 0) is 30.5 Å². The van der Waals surface area contributed by atoms with Crippen LogP contribution in [0.2, 0.25) is 0 Å². The van der Waals surface area contributed by atoms with Crippen LogP contribution in [0.25, 0.3) is 0 Å². The summed E-state index contributed by atoms with van der Waals surface area (Å²) >= 11 is 0. The van der Waals surface area contributed by atoms with Gasteiger partial charge in [0.25, 0.3) is 5.91 Å². The van der Waals surface area contributed by atoms with E-state index in [0.29, 0.717) is 25.6 Å². The van der Waals surface area contributed by atoms with Crippen LogP contribution in [0.15, 0.2) is 54.6 Å². The maximum atomic E-state index is 13.1. The van der Waals surface area contributed by atoms with E-state index in [4.69, 9.17) is 0 Å². The van der Waals surface area contributed by atoms with Crippen molar-refractivity contribution in [2.24, 2.45) is 17.3 Å². The van der Waals surface area contributed by atoms with Gasteiger partial charge in [0.05, 0.1) is 5.92 Å². The second kappa shape index (κ2) is 8.83. The number of benzene rings is 2. The molecule has 5 nitrogen and oxygen atoms in total. The van der Waals surface area contributed by atoms with Crippen molar-refractivity contribution in [1.29, 1.82) is 0 Å². The summed E-state index contributed by atoms with van der Waals surface area (Å²) in [7, 11) is 0. The highest BCUT2D eigenvalue weighted by Gasteiger charge is 2.57. The number of nitrogens with one attached hydrogen (secondary N) is 1. The molecule has 164 valence electrons. The molecule has 1 unspecified atom stereocenters. The standard InChI is InChI=1S/C26H33N3O2/c1-19(2)13-27-24(30)23-15-28(14-21-9-5-4-6-10-21)16-26(23)17-29(18-26)25(31)22-11-7-8-20(3)12-22/h4-12,19,23H,13-18H2,1-3H3,(H,27,30). The smallest absolute Gasteiger partial charge is 0.253 e. The van der Waals surface area contributed by atoms with Crippen LogP contribution >= 0.6 is 0 Å². The molecule has 5 heteroatoms. The Bertz CT molecular complexity index is 935. The quantitative estimate of drug-likeness (QED) is 0.781. The highest BCUT2D eigenvalue weighted by atomic mass is 16.2. The zero-order valence-electron chi connectivity index (χ0n) is 18.8. The summed E-state index contributed by atoms with van der Waals surface area (Å²) in [5, 5.41) is 3.15. The molecule has 2 aromatic carbocycles. The average Bonchev–Trinajstić information content (AvgIpc) is 3.10. The number of carbonyl (C=O) groups is 2. The molecule has 2 heterocycles. The fourth-order valence-corrected chi connectivity index (χ4v) is 4.96. The Balaban J connectivity index is 1.48. The molecule has 0 bridgehead atoms. The number of carbonyl (C=O) groups excluding carboxylic acids is 2. The normalized spacial score (nSPS) is 20.1. The Morgan fingerprint density at radius 3 is 2.48 bits per heavy atom. The van der Waals surface area contributed by atoms with Gasteiger partial charge in [-0.1, -0.05) is 61.9 Å². The van der Waals surface area contributed by atoms with E-state index in [2.05, 4.69) is 48.3 Å². The highest BCUT2D eigenvalue weighted by molar-refractivity contribution is 5.95. The van der Waals surface area contributed by atoms with E-state index in [0.717, 1.165) is 30.8 Å². The second-order valence-corrected chi connectivity index (χ2v) is 9.74. The van der Waals surface area contributed by atoms with Crippen LogP contribution in [0.3, 0.4) is 0 Å². The summed E-state index contributed by atoms with van der Waals surface area (Å²) in [6.07, 6.45) is 0. The Labute approximate surface area is 185 Å². The third kappa shape index (κ3) is 4.67. The first-order valence-electron chi connectivity index (χ1n) is 11.3. The summed E-state index contributed by atoms with van der Waals surface area (Å²) in [6.45, 7) is 10.6. The van der Waals surface area contributed by atoms with Crippen molar-refractivity contribution >= 4 is 11.8 Å². The van der Waals surface area contributed by atoms with Gasteiger partial charge in [0, 0.05) is 50.2 Å². The van der Waals surface area contributed by atoms with Crippen molar-refractivity contribution in [3.05, 3.63) is 71.3 Å². The van der Waals surface area contributed by atoms with E-state index in [1.807, 2.05) is 42.2 Å². The van der Waals surface area contributed by atoms with Crippen LogP contribution in [-0.4, -0.2) is 54.3 Å². The predicted molar refractivity (Wildman–Crippen MR) is 123 cm³/mol. The maximum absolute atomic E-state index is 13.1. The summed E-state index contributed by atoms with van der Waals surface area (Å²) in [6, 6.07) is 18.1. The molecule has 0 aliphatic carbocycles. The molecule has 0 saturated carbocycles. The third-order valence-electron chi connectivity index (χ3n) is 6.53. The molecule has 1 atom stereocenters. The van der Waals surface area contributed by atoms with Gasteiger partial charge in [0.2, 0.25) is 5.91 Å². The first-order valence-corrected chi connectivity index (χ1v) is 11.3. The second-order valence-electron chi connectivity index (χ2n) is 9.74. The van der Waals surface area contributed by atoms with Crippen LogP contribution in [-0.2, 0) is 11.3 Å². The lowest BCUT2D eigenvalue weighted by Crippen LogP contribution is -2.64. The summed E-state index contributed by atoms with van der Waals surface area (Å²) < 4.78 is 0. The van der Waals surface area contributed by atoms with E-state index in [1.54, 1.807) is 0 Å². The Morgan fingerprint density at radius 2 is 1.81 bits per heavy atom. The summed E-state index contributed by atoms with van der Waals surface area (Å²) in [5.41, 5.74) is 2.92. The number of aryl methyl sites for hydroxylation is 1. The number of hydrogen-bond donors (Lipinski definition) is 1. The Kier molecular flexibility index (Phi) is 6.15. The lowest BCUT2D eigenvalue weighted by Gasteiger charge is -2.50. The third-order valence-corrected chi connectivity index (χ3v) is 6.53. The lowest BCUT2D eigenvalue weighted by atomic mass is 9.71. The molecule has 0 aromatic heterocycles. The molecule has 1 N–H and O–H groups in total. The van der Waals surface area contributed by atoms with Gasteiger partial charge >= 0.3 is 0 Å². The number of hydrogen-bond acceptors (Lipinski definition) is 3. The topological polar surface area (TPSA) is 52.7 Å². The van der Waals surface area contributed by atoms with Gasteiger partial charge in [0.1, 0.15) is 0 Å². The molecule has 4 rings (SSSR count). The van der Waals surface area contributed by atoms with Gasteiger partial charge in [-0.25, -0.2) is 0 Å². The fourth-order valence-electron chi connectivity index (χ4n) is 4.96. The van der Waals surface area contributed by atoms with Gasteiger partial charge in [-0.2, -0.15) is 0 Å². The minimum absolute atomic E-state index is 0.0668. The maximum Gasteiger partial charge on any atom is 0.253 e. The SMILES string of the molecule is Cc1cccc(C(=O)N2CC3(CN(Cc4ccccc4)CC3C(=O)NCC(C)C)C2)c1. The van der Waals surface area contributed by atoms with E-state index in [9.17, 15) is 9.59 Å². The minimum Gasteiger partial charge on any atom is -0.356 e. The average molecular weight is 420 g/mol. The van der Waals surface area contributed by atoms with Gasteiger partial charge in [0.15, 0.2) is 0 Å². The molecular formula is C26H33N3O2. The first kappa shape index (κ1) is 21.6. The number of rotatable bonds is 6. The van der Waals surface area contributed by atoms with Crippen molar-refractivity contribution in [2.45, 2.75) is 27.3 Å².